The largest absolute Gasteiger partial charge is 0.390 e. The summed E-state index contributed by atoms with van der Waals surface area (Å²) >= 11 is 0. The van der Waals surface area contributed by atoms with Crippen molar-refractivity contribution < 1.29 is 13.5 Å². The maximum Gasteiger partial charge on any atom is 0.242 e. The Morgan fingerprint density at radius 2 is 2.37 bits per heavy atom. The van der Waals surface area contributed by atoms with Gasteiger partial charge in [0, 0.05) is 24.5 Å². The molecule has 1 aliphatic heterocycles. The molecule has 6 nitrogen and oxygen atoms in total. The fourth-order valence-electron chi connectivity index (χ4n) is 2.50. The molecule has 1 saturated heterocycles. The SMILES string of the molecule is CCN1CCCC1CNS(=O)(=O)c1c[nH]c(CO)c1. The van der Waals surface area contributed by atoms with Crippen LogP contribution < -0.4 is 4.72 Å². The van der Waals surface area contributed by atoms with Crippen LogP contribution in [-0.2, 0) is 16.6 Å². The van der Waals surface area contributed by atoms with Crippen LogP contribution in [0.4, 0.5) is 0 Å². The molecular weight excluding hydrogens is 266 g/mol. The third kappa shape index (κ3) is 3.36. The molecule has 3 N–H and O–H groups in total. The van der Waals surface area contributed by atoms with Crippen LogP contribution in [0, 0.1) is 0 Å². The van der Waals surface area contributed by atoms with E-state index < -0.39 is 10.0 Å². The number of nitrogens with zero attached hydrogens (tertiary/aromatic N) is 1. The van der Waals surface area contributed by atoms with E-state index in [-0.39, 0.29) is 17.5 Å². The van der Waals surface area contributed by atoms with Crippen molar-refractivity contribution in [3.05, 3.63) is 18.0 Å². The Balaban J connectivity index is 1.97. The van der Waals surface area contributed by atoms with Gasteiger partial charge in [-0.25, -0.2) is 13.1 Å². The molecule has 1 atom stereocenters. The van der Waals surface area contributed by atoms with Crippen molar-refractivity contribution in [2.24, 2.45) is 0 Å². The molecule has 0 saturated carbocycles. The Kier molecular flexibility index (Phi) is 4.62. The number of hydrogen-bond donors (Lipinski definition) is 3. The van der Waals surface area contributed by atoms with Gasteiger partial charge in [-0.1, -0.05) is 6.92 Å². The van der Waals surface area contributed by atoms with Crippen LogP contribution in [0.25, 0.3) is 0 Å². The summed E-state index contributed by atoms with van der Waals surface area (Å²) < 4.78 is 26.8. The zero-order chi connectivity index (χ0) is 13.9. The number of likely N-dealkylation sites (tertiary alicyclic amines) is 1. The van der Waals surface area contributed by atoms with Gasteiger partial charge in [-0.3, -0.25) is 4.90 Å². The van der Waals surface area contributed by atoms with Gasteiger partial charge in [0.15, 0.2) is 0 Å². The molecule has 7 heteroatoms. The molecule has 0 spiro atoms. The van der Waals surface area contributed by atoms with Gasteiger partial charge in [0.1, 0.15) is 0 Å². The van der Waals surface area contributed by atoms with E-state index in [1.807, 2.05) is 0 Å². The fraction of sp³-hybridized carbons (Fsp3) is 0.667. The molecule has 0 aliphatic carbocycles. The lowest BCUT2D eigenvalue weighted by molar-refractivity contribution is 0.268. The van der Waals surface area contributed by atoms with E-state index in [4.69, 9.17) is 5.11 Å². The molecular formula is C12H21N3O3S. The number of nitrogens with one attached hydrogen (secondary N) is 2. The Morgan fingerprint density at radius 3 is 3.00 bits per heavy atom. The van der Waals surface area contributed by atoms with Gasteiger partial charge >= 0.3 is 0 Å². The molecule has 2 rings (SSSR count). The molecule has 0 aromatic carbocycles. The number of likely N-dealkylation sites (N-methyl/N-ethyl adjacent to an activating group) is 1. The highest BCUT2D eigenvalue weighted by Gasteiger charge is 2.25. The van der Waals surface area contributed by atoms with Gasteiger partial charge in [-0.05, 0) is 32.0 Å². The minimum Gasteiger partial charge on any atom is -0.390 e. The summed E-state index contributed by atoms with van der Waals surface area (Å²) in [7, 11) is -3.49. The highest BCUT2D eigenvalue weighted by atomic mass is 32.2. The molecule has 1 aromatic heterocycles. The quantitative estimate of drug-likeness (QED) is 0.701. The Hall–Kier alpha value is -0.890. The molecule has 1 fully saturated rings. The average molecular weight is 287 g/mol. The fourth-order valence-corrected chi connectivity index (χ4v) is 3.59. The first-order valence-electron chi connectivity index (χ1n) is 6.58. The second kappa shape index (κ2) is 6.04. The van der Waals surface area contributed by atoms with E-state index in [1.165, 1.54) is 12.3 Å². The number of aromatic nitrogens is 1. The lowest BCUT2D eigenvalue weighted by atomic mass is 10.2. The number of sulfonamides is 1. The number of H-pyrrole nitrogens is 1. The van der Waals surface area contributed by atoms with E-state index in [1.54, 1.807) is 0 Å². The van der Waals surface area contributed by atoms with Crippen LogP contribution in [0.3, 0.4) is 0 Å². The van der Waals surface area contributed by atoms with Crippen LogP contribution in [0.15, 0.2) is 17.2 Å². The van der Waals surface area contributed by atoms with Crippen molar-refractivity contribution in [1.29, 1.82) is 0 Å². The summed E-state index contributed by atoms with van der Waals surface area (Å²) in [6.45, 7) is 4.33. The molecule has 19 heavy (non-hydrogen) atoms. The summed E-state index contributed by atoms with van der Waals surface area (Å²) in [5.41, 5.74) is 0.497. The van der Waals surface area contributed by atoms with Crippen molar-refractivity contribution in [2.45, 2.75) is 37.3 Å². The maximum absolute atomic E-state index is 12.1. The summed E-state index contributed by atoms with van der Waals surface area (Å²) in [4.78, 5) is 5.20. The van der Waals surface area contributed by atoms with Crippen molar-refractivity contribution >= 4 is 10.0 Å². The standard InChI is InChI=1S/C12H21N3O3S/c1-2-15-5-3-4-11(15)7-14-19(17,18)12-6-10(9-16)13-8-12/h6,8,11,13-14,16H,2-5,7,9H2,1H3. The smallest absolute Gasteiger partial charge is 0.242 e. The molecule has 2 heterocycles. The van der Waals surface area contributed by atoms with E-state index in [0.717, 1.165) is 25.9 Å². The van der Waals surface area contributed by atoms with Crippen LogP contribution in [0.1, 0.15) is 25.5 Å². The number of aromatic amines is 1. The highest BCUT2D eigenvalue weighted by molar-refractivity contribution is 7.89. The van der Waals surface area contributed by atoms with Crippen molar-refractivity contribution in [3.63, 3.8) is 0 Å². The predicted molar refractivity (Wildman–Crippen MR) is 72.2 cm³/mol. The van der Waals surface area contributed by atoms with Crippen LogP contribution in [-0.4, -0.2) is 49.1 Å². The molecule has 108 valence electrons. The normalized spacial score (nSPS) is 21.1. The molecule has 1 aromatic rings. The van der Waals surface area contributed by atoms with Gasteiger partial charge in [0.25, 0.3) is 0 Å². The highest BCUT2D eigenvalue weighted by Crippen LogP contribution is 2.17. The average Bonchev–Trinajstić information content (AvgIpc) is 3.05. The van der Waals surface area contributed by atoms with Gasteiger partial charge in [-0.15, -0.1) is 0 Å². The van der Waals surface area contributed by atoms with Crippen LogP contribution in [0.2, 0.25) is 0 Å². The third-order valence-corrected chi connectivity index (χ3v) is 5.01. The van der Waals surface area contributed by atoms with Gasteiger partial charge < -0.3 is 10.1 Å². The van der Waals surface area contributed by atoms with Crippen LogP contribution in [0.5, 0.6) is 0 Å². The van der Waals surface area contributed by atoms with E-state index in [2.05, 4.69) is 21.5 Å². The van der Waals surface area contributed by atoms with Crippen molar-refractivity contribution in [3.8, 4) is 0 Å². The maximum atomic E-state index is 12.1. The van der Waals surface area contributed by atoms with E-state index in [0.29, 0.717) is 12.2 Å². The molecule has 0 bridgehead atoms. The topological polar surface area (TPSA) is 85.4 Å². The third-order valence-electron chi connectivity index (χ3n) is 3.61. The zero-order valence-electron chi connectivity index (χ0n) is 11.1. The van der Waals surface area contributed by atoms with Gasteiger partial charge in [0.2, 0.25) is 10.0 Å². The van der Waals surface area contributed by atoms with Crippen LogP contribution >= 0.6 is 0 Å². The lowest BCUT2D eigenvalue weighted by Gasteiger charge is -2.22. The number of hydrogen-bond acceptors (Lipinski definition) is 4. The molecule has 0 radical (unpaired) electrons. The first-order valence-corrected chi connectivity index (χ1v) is 8.07. The van der Waals surface area contributed by atoms with Gasteiger partial charge in [-0.2, -0.15) is 0 Å². The number of rotatable bonds is 6. The van der Waals surface area contributed by atoms with Crippen molar-refractivity contribution in [1.82, 2.24) is 14.6 Å². The first-order chi connectivity index (χ1) is 9.06. The Bertz CT molecular complexity index is 512. The molecule has 1 unspecified atom stereocenters. The second-order valence-electron chi connectivity index (χ2n) is 4.80. The summed E-state index contributed by atoms with van der Waals surface area (Å²) in [6, 6.07) is 1.74. The minimum absolute atomic E-state index is 0.178. The zero-order valence-corrected chi connectivity index (χ0v) is 11.9. The summed E-state index contributed by atoms with van der Waals surface area (Å²) in [6.07, 6.45) is 3.56. The summed E-state index contributed by atoms with van der Waals surface area (Å²) in [5.74, 6) is 0. The van der Waals surface area contributed by atoms with E-state index >= 15 is 0 Å². The monoisotopic (exact) mass is 287 g/mol. The molecule has 0 amide bonds. The summed E-state index contributed by atoms with van der Waals surface area (Å²) in [5, 5.41) is 8.93. The van der Waals surface area contributed by atoms with E-state index in [9.17, 15) is 8.42 Å². The van der Waals surface area contributed by atoms with Gasteiger partial charge in [0.05, 0.1) is 11.5 Å². The van der Waals surface area contributed by atoms with Crippen molar-refractivity contribution in [2.75, 3.05) is 19.6 Å². The Labute approximate surface area is 113 Å². The first kappa shape index (κ1) is 14.5. The lowest BCUT2D eigenvalue weighted by Crippen LogP contribution is -2.39. The minimum atomic E-state index is -3.49. The number of aliphatic hydroxyl groups is 1. The molecule has 1 aliphatic rings. The second-order valence-corrected chi connectivity index (χ2v) is 6.56. The number of aliphatic hydroxyl groups excluding tert-OH is 1. The predicted octanol–water partition coefficient (Wildman–Crippen LogP) is 0.270. The Morgan fingerprint density at radius 1 is 1.58 bits per heavy atom.